The fraction of sp³-hybridized carbons (Fsp3) is 0.700. The third kappa shape index (κ3) is 2.56. The molecule has 1 unspecified atom stereocenters. The van der Waals surface area contributed by atoms with Gasteiger partial charge in [0.2, 0.25) is 0 Å². The number of aliphatic hydroxyl groups is 1. The van der Waals surface area contributed by atoms with Gasteiger partial charge in [-0.25, -0.2) is 0 Å². The summed E-state index contributed by atoms with van der Waals surface area (Å²) < 4.78 is 1.88. The number of rotatable bonds is 4. The SMILES string of the molecule is CCCn1cc(C(O)C(C)C)cn1. The highest BCUT2D eigenvalue weighted by Gasteiger charge is 2.13. The molecule has 1 rings (SSSR count). The van der Waals surface area contributed by atoms with Crippen LogP contribution in [0.5, 0.6) is 0 Å². The Morgan fingerprint density at radius 3 is 2.77 bits per heavy atom. The molecule has 0 aliphatic carbocycles. The summed E-state index contributed by atoms with van der Waals surface area (Å²) in [5.41, 5.74) is 0.920. The highest BCUT2D eigenvalue weighted by atomic mass is 16.3. The highest BCUT2D eigenvalue weighted by Crippen LogP contribution is 2.20. The molecule has 0 saturated carbocycles. The lowest BCUT2D eigenvalue weighted by Gasteiger charge is -2.11. The predicted octanol–water partition coefficient (Wildman–Crippen LogP) is 1.98. The summed E-state index contributed by atoms with van der Waals surface area (Å²) in [6.45, 7) is 7.04. The van der Waals surface area contributed by atoms with E-state index in [1.165, 1.54) is 0 Å². The molecule has 3 nitrogen and oxygen atoms in total. The smallest absolute Gasteiger partial charge is 0.0843 e. The van der Waals surface area contributed by atoms with Crippen LogP contribution in [0.1, 0.15) is 38.9 Å². The number of aliphatic hydroxyl groups excluding tert-OH is 1. The van der Waals surface area contributed by atoms with Crippen molar-refractivity contribution in [2.24, 2.45) is 5.92 Å². The van der Waals surface area contributed by atoms with Crippen molar-refractivity contribution in [2.45, 2.75) is 39.8 Å². The van der Waals surface area contributed by atoms with Crippen molar-refractivity contribution in [3.05, 3.63) is 18.0 Å². The topological polar surface area (TPSA) is 38.0 Å². The van der Waals surface area contributed by atoms with Gasteiger partial charge in [0, 0.05) is 18.3 Å². The Bertz CT molecular complexity index is 255. The maximum absolute atomic E-state index is 9.73. The molecule has 1 aromatic heterocycles. The summed E-state index contributed by atoms with van der Waals surface area (Å²) in [4.78, 5) is 0. The minimum Gasteiger partial charge on any atom is -0.388 e. The first-order valence-corrected chi connectivity index (χ1v) is 4.85. The van der Waals surface area contributed by atoms with E-state index in [0.29, 0.717) is 0 Å². The molecule has 0 aliphatic heterocycles. The fourth-order valence-corrected chi connectivity index (χ4v) is 1.27. The number of hydrogen-bond acceptors (Lipinski definition) is 2. The van der Waals surface area contributed by atoms with Gasteiger partial charge in [0.05, 0.1) is 12.3 Å². The molecule has 0 radical (unpaired) electrons. The molecular weight excluding hydrogens is 164 g/mol. The molecule has 1 atom stereocenters. The quantitative estimate of drug-likeness (QED) is 0.773. The summed E-state index contributed by atoms with van der Waals surface area (Å²) >= 11 is 0. The minimum atomic E-state index is -0.384. The normalized spacial score (nSPS) is 13.6. The van der Waals surface area contributed by atoms with Crippen LogP contribution in [0.3, 0.4) is 0 Å². The molecule has 0 bridgehead atoms. The van der Waals surface area contributed by atoms with Crippen LogP contribution < -0.4 is 0 Å². The predicted molar refractivity (Wildman–Crippen MR) is 52.3 cm³/mol. The standard InChI is InChI=1S/C10H18N2O/c1-4-5-12-7-9(6-11-12)10(13)8(2)3/h6-8,10,13H,4-5H2,1-3H3. The Morgan fingerprint density at radius 1 is 1.54 bits per heavy atom. The van der Waals surface area contributed by atoms with E-state index in [2.05, 4.69) is 12.0 Å². The Kier molecular flexibility index (Phi) is 3.48. The van der Waals surface area contributed by atoms with E-state index in [0.717, 1.165) is 18.5 Å². The Labute approximate surface area is 79.4 Å². The maximum Gasteiger partial charge on any atom is 0.0843 e. The van der Waals surface area contributed by atoms with Gasteiger partial charge in [-0.2, -0.15) is 5.10 Å². The zero-order valence-electron chi connectivity index (χ0n) is 8.57. The second-order valence-corrected chi connectivity index (χ2v) is 3.73. The molecular formula is C10H18N2O. The van der Waals surface area contributed by atoms with E-state index in [1.54, 1.807) is 6.20 Å². The van der Waals surface area contributed by atoms with Gasteiger partial charge in [-0.3, -0.25) is 4.68 Å². The summed E-state index contributed by atoms with van der Waals surface area (Å²) in [5.74, 6) is 0.249. The van der Waals surface area contributed by atoms with E-state index < -0.39 is 0 Å². The Balaban J connectivity index is 2.67. The summed E-state index contributed by atoms with van der Waals surface area (Å²) in [6, 6.07) is 0. The van der Waals surface area contributed by atoms with E-state index in [-0.39, 0.29) is 12.0 Å². The van der Waals surface area contributed by atoms with Crippen molar-refractivity contribution in [2.75, 3.05) is 0 Å². The summed E-state index contributed by atoms with van der Waals surface area (Å²) in [7, 11) is 0. The number of hydrogen-bond donors (Lipinski definition) is 1. The lowest BCUT2D eigenvalue weighted by molar-refractivity contribution is 0.127. The van der Waals surface area contributed by atoms with Crippen molar-refractivity contribution in [1.29, 1.82) is 0 Å². The van der Waals surface area contributed by atoms with Crippen molar-refractivity contribution >= 4 is 0 Å². The number of nitrogens with zero attached hydrogens (tertiary/aromatic N) is 2. The van der Waals surface area contributed by atoms with Gasteiger partial charge >= 0.3 is 0 Å². The molecule has 1 heterocycles. The van der Waals surface area contributed by atoms with E-state index in [9.17, 15) is 5.11 Å². The number of aromatic nitrogens is 2. The number of aryl methyl sites for hydroxylation is 1. The largest absolute Gasteiger partial charge is 0.388 e. The van der Waals surface area contributed by atoms with Gasteiger partial charge in [0.1, 0.15) is 0 Å². The zero-order valence-corrected chi connectivity index (χ0v) is 8.57. The second-order valence-electron chi connectivity index (χ2n) is 3.73. The van der Waals surface area contributed by atoms with Crippen molar-refractivity contribution in [3.63, 3.8) is 0 Å². The average molecular weight is 182 g/mol. The van der Waals surface area contributed by atoms with Gasteiger partial charge in [-0.05, 0) is 12.3 Å². The molecule has 1 aromatic rings. The molecule has 0 saturated heterocycles. The van der Waals surface area contributed by atoms with Crippen LogP contribution in [0, 0.1) is 5.92 Å². The Hall–Kier alpha value is -0.830. The van der Waals surface area contributed by atoms with Crippen molar-refractivity contribution in [1.82, 2.24) is 9.78 Å². The van der Waals surface area contributed by atoms with Crippen molar-refractivity contribution in [3.8, 4) is 0 Å². The molecule has 0 amide bonds. The van der Waals surface area contributed by atoms with E-state index in [4.69, 9.17) is 0 Å². The average Bonchev–Trinajstić information content (AvgIpc) is 2.52. The van der Waals surface area contributed by atoms with Gasteiger partial charge in [-0.1, -0.05) is 20.8 Å². The van der Waals surface area contributed by atoms with Crippen molar-refractivity contribution < 1.29 is 5.11 Å². The van der Waals surface area contributed by atoms with Crippen LogP contribution in [-0.4, -0.2) is 14.9 Å². The van der Waals surface area contributed by atoms with E-state index >= 15 is 0 Å². The van der Waals surface area contributed by atoms with Gasteiger partial charge in [0.25, 0.3) is 0 Å². The molecule has 0 spiro atoms. The minimum absolute atomic E-state index is 0.249. The second kappa shape index (κ2) is 4.42. The summed E-state index contributed by atoms with van der Waals surface area (Å²) in [5, 5.41) is 13.9. The van der Waals surface area contributed by atoms with Crippen LogP contribution in [0.2, 0.25) is 0 Å². The van der Waals surface area contributed by atoms with Crippen LogP contribution in [0.4, 0.5) is 0 Å². The molecule has 0 aliphatic rings. The van der Waals surface area contributed by atoms with Gasteiger partial charge in [0.15, 0.2) is 0 Å². The fourth-order valence-electron chi connectivity index (χ4n) is 1.27. The first-order valence-electron chi connectivity index (χ1n) is 4.85. The first kappa shape index (κ1) is 10.3. The monoisotopic (exact) mass is 182 g/mol. The molecule has 3 heteroatoms. The summed E-state index contributed by atoms with van der Waals surface area (Å²) in [6.07, 6.45) is 4.36. The van der Waals surface area contributed by atoms with Gasteiger partial charge in [-0.15, -0.1) is 0 Å². The molecule has 0 aromatic carbocycles. The zero-order chi connectivity index (χ0) is 9.84. The lowest BCUT2D eigenvalue weighted by atomic mass is 10.0. The third-order valence-electron chi connectivity index (χ3n) is 2.08. The molecule has 1 N–H and O–H groups in total. The van der Waals surface area contributed by atoms with Crippen LogP contribution >= 0.6 is 0 Å². The highest BCUT2D eigenvalue weighted by molar-refractivity contribution is 5.08. The first-order chi connectivity index (χ1) is 6.15. The maximum atomic E-state index is 9.73. The molecule has 0 fully saturated rings. The molecule has 13 heavy (non-hydrogen) atoms. The lowest BCUT2D eigenvalue weighted by Crippen LogP contribution is -2.04. The Morgan fingerprint density at radius 2 is 2.23 bits per heavy atom. The molecule has 74 valence electrons. The van der Waals surface area contributed by atoms with E-state index in [1.807, 2.05) is 24.7 Å². The van der Waals surface area contributed by atoms with Crippen LogP contribution in [-0.2, 0) is 6.54 Å². The van der Waals surface area contributed by atoms with Gasteiger partial charge < -0.3 is 5.11 Å². The van der Waals surface area contributed by atoms with Crippen LogP contribution in [0.15, 0.2) is 12.4 Å². The third-order valence-corrected chi connectivity index (χ3v) is 2.08. The van der Waals surface area contributed by atoms with Crippen LogP contribution in [0.25, 0.3) is 0 Å².